The fourth-order valence-corrected chi connectivity index (χ4v) is 2.78. The third-order valence-corrected chi connectivity index (χ3v) is 4.42. The molecule has 0 spiro atoms. The van der Waals surface area contributed by atoms with Gasteiger partial charge >= 0.3 is 5.97 Å². The molecule has 0 saturated heterocycles. The van der Waals surface area contributed by atoms with Crippen molar-refractivity contribution in [3.8, 4) is 5.69 Å². The largest absolute Gasteiger partial charge is 0.457 e. The first-order valence-electron chi connectivity index (χ1n) is 8.25. The van der Waals surface area contributed by atoms with Gasteiger partial charge in [0, 0.05) is 28.6 Å². The Bertz CT molecular complexity index is 929. The highest BCUT2D eigenvalue weighted by Crippen LogP contribution is 2.22. The molecular formula is C20H20BrN3O2. The fourth-order valence-electron chi connectivity index (χ4n) is 2.40. The topological polar surface area (TPSA) is 57.0 Å². The Labute approximate surface area is 161 Å². The van der Waals surface area contributed by atoms with Crippen LogP contribution in [0.4, 0.5) is 0 Å². The van der Waals surface area contributed by atoms with Gasteiger partial charge in [-0.05, 0) is 35.2 Å². The van der Waals surface area contributed by atoms with Crippen LogP contribution in [-0.2, 0) is 16.8 Å². The number of aromatic nitrogens is 3. The number of benzene rings is 1. The number of carbonyl (C=O) groups is 1. The summed E-state index contributed by atoms with van der Waals surface area (Å²) in [6.45, 7) is 6.54. The number of hydrogen-bond donors (Lipinski definition) is 0. The lowest BCUT2D eigenvalue weighted by molar-refractivity contribution is 0.0472. The summed E-state index contributed by atoms with van der Waals surface area (Å²) < 4.78 is 8.00. The number of pyridine rings is 1. The minimum absolute atomic E-state index is 0.00187. The molecule has 0 saturated carbocycles. The molecule has 134 valence electrons. The zero-order valence-corrected chi connectivity index (χ0v) is 16.5. The van der Waals surface area contributed by atoms with E-state index in [2.05, 4.69) is 46.8 Å². The van der Waals surface area contributed by atoms with Gasteiger partial charge in [-0.25, -0.2) is 9.48 Å². The summed E-state index contributed by atoms with van der Waals surface area (Å²) in [5, 5.41) is 4.23. The van der Waals surface area contributed by atoms with Crippen molar-refractivity contribution in [2.24, 2.45) is 0 Å². The SMILES string of the molecule is CC(C)(C)c1cncc(COC(=O)c2cnn(-c3cccc(Br)c3)c2)c1. The van der Waals surface area contributed by atoms with Gasteiger partial charge in [0.05, 0.1) is 17.4 Å². The Morgan fingerprint density at radius 2 is 2.00 bits per heavy atom. The molecule has 0 amide bonds. The van der Waals surface area contributed by atoms with Gasteiger partial charge in [-0.1, -0.05) is 42.8 Å². The van der Waals surface area contributed by atoms with Crippen LogP contribution in [0.1, 0.15) is 42.3 Å². The summed E-state index contributed by atoms with van der Waals surface area (Å²) in [4.78, 5) is 16.5. The summed E-state index contributed by atoms with van der Waals surface area (Å²) >= 11 is 3.43. The van der Waals surface area contributed by atoms with Gasteiger partial charge in [0.25, 0.3) is 0 Å². The van der Waals surface area contributed by atoms with E-state index in [-0.39, 0.29) is 12.0 Å². The van der Waals surface area contributed by atoms with Crippen LogP contribution in [0.15, 0.2) is 59.6 Å². The highest BCUT2D eigenvalue weighted by atomic mass is 79.9. The predicted octanol–water partition coefficient (Wildman–Crippen LogP) is 4.68. The number of halogens is 1. The van der Waals surface area contributed by atoms with E-state index in [4.69, 9.17) is 4.74 Å². The van der Waals surface area contributed by atoms with E-state index < -0.39 is 5.97 Å². The molecule has 0 N–H and O–H groups in total. The molecule has 0 fully saturated rings. The standard InChI is InChI=1S/C20H20BrN3O2/c1-20(2,3)16-7-14(9-22-11-16)13-26-19(25)15-10-23-24(12-15)18-6-4-5-17(21)8-18/h4-12H,13H2,1-3H3. The first-order chi connectivity index (χ1) is 12.3. The average Bonchev–Trinajstić information content (AvgIpc) is 3.09. The van der Waals surface area contributed by atoms with E-state index >= 15 is 0 Å². The van der Waals surface area contributed by atoms with E-state index in [1.54, 1.807) is 17.1 Å². The van der Waals surface area contributed by atoms with E-state index in [9.17, 15) is 4.79 Å². The van der Waals surface area contributed by atoms with Gasteiger partial charge in [0.1, 0.15) is 6.61 Å². The van der Waals surface area contributed by atoms with Crippen LogP contribution >= 0.6 is 15.9 Å². The monoisotopic (exact) mass is 413 g/mol. The number of ether oxygens (including phenoxy) is 1. The Morgan fingerprint density at radius 1 is 1.19 bits per heavy atom. The summed E-state index contributed by atoms with van der Waals surface area (Å²) in [6, 6.07) is 9.70. The third kappa shape index (κ3) is 4.38. The number of rotatable bonds is 4. The van der Waals surface area contributed by atoms with Crippen molar-refractivity contribution >= 4 is 21.9 Å². The van der Waals surface area contributed by atoms with Crippen molar-refractivity contribution in [3.05, 3.63) is 76.3 Å². The maximum Gasteiger partial charge on any atom is 0.341 e. The number of esters is 1. The molecular weight excluding hydrogens is 394 g/mol. The van der Waals surface area contributed by atoms with Gasteiger partial charge in [-0.3, -0.25) is 4.98 Å². The molecule has 2 heterocycles. The molecule has 6 heteroatoms. The second-order valence-electron chi connectivity index (χ2n) is 7.06. The fraction of sp³-hybridized carbons (Fsp3) is 0.250. The summed E-state index contributed by atoms with van der Waals surface area (Å²) in [5.41, 5.74) is 3.24. The molecule has 0 unspecified atom stereocenters. The van der Waals surface area contributed by atoms with Gasteiger partial charge < -0.3 is 4.74 Å². The normalized spacial score (nSPS) is 11.4. The van der Waals surface area contributed by atoms with Crippen molar-refractivity contribution in [1.82, 2.24) is 14.8 Å². The molecule has 26 heavy (non-hydrogen) atoms. The smallest absolute Gasteiger partial charge is 0.341 e. The average molecular weight is 414 g/mol. The van der Waals surface area contributed by atoms with Gasteiger partial charge in [-0.2, -0.15) is 5.10 Å². The minimum Gasteiger partial charge on any atom is -0.457 e. The summed E-state index contributed by atoms with van der Waals surface area (Å²) in [5.74, 6) is -0.410. The molecule has 0 atom stereocenters. The van der Waals surface area contributed by atoms with Crippen LogP contribution < -0.4 is 0 Å². The van der Waals surface area contributed by atoms with Gasteiger partial charge in [0.15, 0.2) is 0 Å². The minimum atomic E-state index is -0.410. The van der Waals surface area contributed by atoms with Crippen LogP contribution in [0.2, 0.25) is 0 Å². The van der Waals surface area contributed by atoms with E-state index in [1.165, 1.54) is 6.20 Å². The molecule has 2 aromatic heterocycles. The van der Waals surface area contributed by atoms with Crippen LogP contribution in [0.3, 0.4) is 0 Å². The van der Waals surface area contributed by atoms with Gasteiger partial charge in [-0.15, -0.1) is 0 Å². The third-order valence-electron chi connectivity index (χ3n) is 3.92. The molecule has 1 aromatic carbocycles. The van der Waals surface area contributed by atoms with Crippen LogP contribution in [0.25, 0.3) is 5.69 Å². The molecule has 0 aliphatic heterocycles. The first-order valence-corrected chi connectivity index (χ1v) is 9.04. The van der Waals surface area contributed by atoms with E-state index in [0.29, 0.717) is 5.56 Å². The summed E-state index contributed by atoms with van der Waals surface area (Å²) in [7, 11) is 0. The van der Waals surface area contributed by atoms with E-state index in [1.807, 2.05) is 36.5 Å². The maximum absolute atomic E-state index is 12.3. The zero-order chi connectivity index (χ0) is 18.7. The predicted molar refractivity (Wildman–Crippen MR) is 103 cm³/mol. The Hall–Kier alpha value is -2.47. The second kappa shape index (κ2) is 7.41. The number of hydrogen-bond acceptors (Lipinski definition) is 4. The number of carbonyl (C=O) groups excluding carboxylic acids is 1. The molecule has 3 rings (SSSR count). The lowest BCUT2D eigenvalue weighted by Gasteiger charge is -2.19. The Balaban J connectivity index is 1.68. The van der Waals surface area contributed by atoms with Crippen LogP contribution in [-0.4, -0.2) is 20.7 Å². The molecule has 0 radical (unpaired) electrons. The molecule has 5 nitrogen and oxygen atoms in total. The lowest BCUT2D eigenvalue weighted by Crippen LogP contribution is -2.12. The first kappa shape index (κ1) is 18.3. The van der Waals surface area contributed by atoms with E-state index in [0.717, 1.165) is 21.3 Å². The second-order valence-corrected chi connectivity index (χ2v) is 7.98. The van der Waals surface area contributed by atoms with Crippen molar-refractivity contribution in [2.75, 3.05) is 0 Å². The molecule has 3 aromatic rings. The van der Waals surface area contributed by atoms with Crippen LogP contribution in [0, 0.1) is 0 Å². The Morgan fingerprint density at radius 3 is 2.73 bits per heavy atom. The van der Waals surface area contributed by atoms with Crippen molar-refractivity contribution in [3.63, 3.8) is 0 Å². The quantitative estimate of drug-likeness (QED) is 0.582. The maximum atomic E-state index is 12.3. The van der Waals surface area contributed by atoms with Crippen molar-refractivity contribution in [1.29, 1.82) is 0 Å². The zero-order valence-electron chi connectivity index (χ0n) is 14.9. The summed E-state index contributed by atoms with van der Waals surface area (Å²) in [6.07, 6.45) is 6.72. The van der Waals surface area contributed by atoms with Crippen molar-refractivity contribution in [2.45, 2.75) is 32.8 Å². The molecule has 0 aliphatic carbocycles. The van der Waals surface area contributed by atoms with Crippen LogP contribution in [0.5, 0.6) is 0 Å². The molecule has 0 aliphatic rings. The number of nitrogens with zero attached hydrogens (tertiary/aromatic N) is 3. The highest BCUT2D eigenvalue weighted by Gasteiger charge is 2.15. The van der Waals surface area contributed by atoms with Gasteiger partial charge in [0.2, 0.25) is 0 Å². The Kier molecular flexibility index (Phi) is 5.23. The highest BCUT2D eigenvalue weighted by molar-refractivity contribution is 9.10. The molecule has 0 bridgehead atoms. The lowest BCUT2D eigenvalue weighted by atomic mass is 9.88. The van der Waals surface area contributed by atoms with Crippen molar-refractivity contribution < 1.29 is 9.53 Å².